The Morgan fingerprint density at radius 3 is 2.05 bits per heavy atom. The maximum Gasteiger partial charge on any atom is 0.315 e. The van der Waals surface area contributed by atoms with Crippen LogP contribution in [0.15, 0.2) is 0 Å². The highest BCUT2D eigenvalue weighted by Crippen LogP contribution is 2.61. The summed E-state index contributed by atoms with van der Waals surface area (Å²) in [7, 11) is 0. The summed E-state index contributed by atoms with van der Waals surface area (Å²) in [6, 6.07) is 0.844. The Labute approximate surface area is 135 Å². The van der Waals surface area contributed by atoms with Crippen molar-refractivity contribution in [3.63, 3.8) is 0 Å². The lowest BCUT2D eigenvalue weighted by atomic mass is 9.48. The monoisotopic (exact) mass is 304 g/mol. The third kappa shape index (κ3) is 2.76. The number of amides is 2. The minimum atomic E-state index is 0.0927. The van der Waals surface area contributed by atoms with E-state index in [-0.39, 0.29) is 6.03 Å². The molecule has 5 aliphatic rings. The summed E-state index contributed by atoms with van der Waals surface area (Å²) >= 11 is 0. The maximum absolute atomic E-state index is 12.4. The van der Waals surface area contributed by atoms with Crippen molar-refractivity contribution < 1.29 is 4.79 Å². The lowest BCUT2D eigenvalue weighted by Crippen LogP contribution is -2.57. The van der Waals surface area contributed by atoms with Crippen molar-refractivity contribution in [2.24, 2.45) is 23.2 Å². The molecular formula is C19H32N2O. The molecule has 0 saturated heterocycles. The van der Waals surface area contributed by atoms with Crippen LogP contribution in [-0.4, -0.2) is 18.1 Å². The first-order chi connectivity index (χ1) is 10.6. The van der Waals surface area contributed by atoms with Crippen LogP contribution in [-0.2, 0) is 0 Å². The zero-order valence-corrected chi connectivity index (χ0v) is 14.1. The summed E-state index contributed by atoms with van der Waals surface area (Å²) in [4.78, 5) is 12.4. The molecular weight excluding hydrogens is 272 g/mol. The van der Waals surface area contributed by atoms with Gasteiger partial charge in [-0.25, -0.2) is 4.79 Å². The fraction of sp³-hybridized carbons (Fsp3) is 0.947. The van der Waals surface area contributed by atoms with Gasteiger partial charge in [-0.1, -0.05) is 19.3 Å². The van der Waals surface area contributed by atoms with E-state index in [9.17, 15) is 4.79 Å². The molecule has 0 heterocycles. The Morgan fingerprint density at radius 2 is 1.50 bits per heavy atom. The third-order valence-corrected chi connectivity index (χ3v) is 7.29. The third-order valence-electron chi connectivity index (χ3n) is 7.29. The highest BCUT2D eigenvalue weighted by molar-refractivity contribution is 5.74. The Kier molecular flexibility index (Phi) is 3.86. The molecule has 0 aromatic rings. The van der Waals surface area contributed by atoms with Gasteiger partial charge in [-0.2, -0.15) is 0 Å². The molecule has 0 unspecified atom stereocenters. The molecule has 0 radical (unpaired) electrons. The highest BCUT2D eigenvalue weighted by atomic mass is 16.2. The minimum Gasteiger partial charge on any atom is -0.335 e. The van der Waals surface area contributed by atoms with E-state index in [2.05, 4.69) is 17.6 Å². The molecule has 124 valence electrons. The molecule has 5 aliphatic carbocycles. The van der Waals surface area contributed by atoms with E-state index in [1.54, 1.807) is 0 Å². The van der Waals surface area contributed by atoms with Gasteiger partial charge in [-0.15, -0.1) is 0 Å². The van der Waals surface area contributed by atoms with Gasteiger partial charge in [-0.3, -0.25) is 0 Å². The molecule has 2 N–H and O–H groups in total. The van der Waals surface area contributed by atoms with E-state index in [4.69, 9.17) is 0 Å². The Balaban J connectivity index is 1.35. The lowest BCUT2D eigenvalue weighted by molar-refractivity contribution is -0.0682. The fourth-order valence-corrected chi connectivity index (χ4v) is 6.53. The van der Waals surface area contributed by atoms with Crippen LogP contribution < -0.4 is 10.6 Å². The average molecular weight is 304 g/mol. The van der Waals surface area contributed by atoms with Crippen molar-refractivity contribution in [1.82, 2.24) is 10.6 Å². The van der Waals surface area contributed by atoms with Crippen LogP contribution in [0.1, 0.15) is 77.6 Å². The smallest absolute Gasteiger partial charge is 0.315 e. The topological polar surface area (TPSA) is 41.1 Å². The Bertz CT molecular complexity index is 392. The summed E-state index contributed by atoms with van der Waals surface area (Å²) in [6.45, 7) is 2.27. The number of hydrogen-bond donors (Lipinski definition) is 2. The first-order valence-corrected chi connectivity index (χ1v) is 9.70. The van der Waals surface area contributed by atoms with Crippen LogP contribution in [0.2, 0.25) is 0 Å². The molecule has 5 fully saturated rings. The predicted octanol–water partition coefficient (Wildman–Crippen LogP) is 4.22. The molecule has 0 spiro atoms. The Hall–Kier alpha value is -0.730. The summed E-state index contributed by atoms with van der Waals surface area (Å²) < 4.78 is 0. The quantitative estimate of drug-likeness (QED) is 0.805. The van der Waals surface area contributed by atoms with Gasteiger partial charge < -0.3 is 10.6 Å². The lowest BCUT2D eigenvalue weighted by Gasteiger charge is -2.59. The van der Waals surface area contributed by atoms with Gasteiger partial charge in [0.05, 0.1) is 0 Å². The van der Waals surface area contributed by atoms with Gasteiger partial charge in [0.1, 0.15) is 0 Å². The van der Waals surface area contributed by atoms with Crippen molar-refractivity contribution in [1.29, 1.82) is 0 Å². The Morgan fingerprint density at radius 1 is 0.955 bits per heavy atom. The molecule has 0 aliphatic heterocycles. The number of rotatable bonds is 3. The molecule has 3 heteroatoms. The fourth-order valence-electron chi connectivity index (χ4n) is 6.53. The SMILES string of the molecule is C[C@H](NC(=O)NC1CCCCC1)C12CC3CC(CC(C3)C1)C2. The van der Waals surface area contributed by atoms with Gasteiger partial charge in [0, 0.05) is 12.1 Å². The normalized spacial score (nSPS) is 42.1. The molecule has 3 nitrogen and oxygen atoms in total. The van der Waals surface area contributed by atoms with E-state index in [1.165, 1.54) is 70.6 Å². The molecule has 2 amide bonds. The number of carbonyl (C=O) groups is 1. The van der Waals surface area contributed by atoms with Gasteiger partial charge >= 0.3 is 6.03 Å². The second-order valence-electron chi connectivity index (χ2n) is 8.95. The van der Waals surface area contributed by atoms with E-state index in [0.717, 1.165) is 17.8 Å². The molecule has 22 heavy (non-hydrogen) atoms. The molecule has 1 atom stereocenters. The maximum atomic E-state index is 12.4. The first kappa shape index (κ1) is 14.8. The number of carbonyl (C=O) groups excluding carboxylic acids is 1. The minimum absolute atomic E-state index is 0.0927. The number of hydrogen-bond acceptors (Lipinski definition) is 1. The van der Waals surface area contributed by atoms with Crippen LogP contribution in [0, 0.1) is 23.2 Å². The van der Waals surface area contributed by atoms with Crippen molar-refractivity contribution in [3.8, 4) is 0 Å². The van der Waals surface area contributed by atoms with Crippen LogP contribution in [0.5, 0.6) is 0 Å². The van der Waals surface area contributed by atoms with E-state index < -0.39 is 0 Å². The summed E-state index contributed by atoms with van der Waals surface area (Å²) in [5.41, 5.74) is 0.415. The zero-order chi connectivity index (χ0) is 15.2. The molecule has 5 rings (SSSR count). The van der Waals surface area contributed by atoms with Gasteiger partial charge in [0.2, 0.25) is 0 Å². The zero-order valence-electron chi connectivity index (χ0n) is 14.1. The number of urea groups is 1. The summed E-state index contributed by atoms with van der Waals surface area (Å²) in [5.74, 6) is 2.87. The van der Waals surface area contributed by atoms with Crippen molar-refractivity contribution in [3.05, 3.63) is 0 Å². The largest absolute Gasteiger partial charge is 0.335 e. The van der Waals surface area contributed by atoms with Crippen molar-refractivity contribution in [2.45, 2.75) is 89.6 Å². The number of nitrogens with one attached hydrogen (secondary N) is 2. The molecule has 5 saturated carbocycles. The highest BCUT2D eigenvalue weighted by Gasteiger charge is 2.53. The second kappa shape index (κ2) is 5.72. The predicted molar refractivity (Wildman–Crippen MR) is 88.6 cm³/mol. The second-order valence-corrected chi connectivity index (χ2v) is 8.95. The molecule has 4 bridgehead atoms. The van der Waals surface area contributed by atoms with E-state index in [1.807, 2.05) is 0 Å². The van der Waals surface area contributed by atoms with Crippen LogP contribution in [0.3, 0.4) is 0 Å². The summed E-state index contributed by atoms with van der Waals surface area (Å²) in [6.07, 6.45) is 14.7. The van der Waals surface area contributed by atoms with Crippen molar-refractivity contribution >= 4 is 6.03 Å². The van der Waals surface area contributed by atoms with Crippen LogP contribution in [0.4, 0.5) is 4.79 Å². The first-order valence-electron chi connectivity index (χ1n) is 9.70. The van der Waals surface area contributed by atoms with Gasteiger partial charge in [-0.05, 0) is 81.5 Å². The average Bonchev–Trinajstić information content (AvgIpc) is 2.46. The van der Waals surface area contributed by atoms with Crippen molar-refractivity contribution in [2.75, 3.05) is 0 Å². The van der Waals surface area contributed by atoms with Gasteiger partial charge in [0.25, 0.3) is 0 Å². The van der Waals surface area contributed by atoms with E-state index >= 15 is 0 Å². The standard InChI is InChI=1S/C19H32N2O/c1-13(20-18(22)21-17-5-3-2-4-6-17)19-10-14-7-15(11-19)9-16(8-14)12-19/h13-17H,2-12H2,1H3,(H2,20,21,22)/t13-,14?,15?,16?,19?/m0/s1. The molecule has 0 aromatic heterocycles. The molecule has 0 aromatic carbocycles. The summed E-state index contributed by atoms with van der Waals surface area (Å²) in [5, 5.41) is 6.57. The van der Waals surface area contributed by atoms with Crippen LogP contribution in [0.25, 0.3) is 0 Å². The van der Waals surface area contributed by atoms with Gasteiger partial charge in [0.15, 0.2) is 0 Å². The van der Waals surface area contributed by atoms with E-state index in [0.29, 0.717) is 17.5 Å². The van der Waals surface area contributed by atoms with Crippen LogP contribution >= 0.6 is 0 Å².